The molecular formula is C12H22N2O3. The van der Waals surface area contributed by atoms with Crippen molar-refractivity contribution >= 4 is 12.0 Å². The van der Waals surface area contributed by atoms with Crippen LogP contribution >= 0.6 is 0 Å². The summed E-state index contributed by atoms with van der Waals surface area (Å²) in [4.78, 5) is 22.2. The summed E-state index contributed by atoms with van der Waals surface area (Å²) >= 11 is 0. The van der Waals surface area contributed by atoms with Crippen molar-refractivity contribution in [2.45, 2.75) is 64.0 Å². The van der Waals surface area contributed by atoms with Crippen LogP contribution in [-0.2, 0) is 4.79 Å². The van der Waals surface area contributed by atoms with E-state index in [9.17, 15) is 9.59 Å². The van der Waals surface area contributed by atoms with Crippen molar-refractivity contribution in [3.63, 3.8) is 0 Å². The van der Waals surface area contributed by atoms with E-state index in [2.05, 4.69) is 10.6 Å². The van der Waals surface area contributed by atoms with Gasteiger partial charge in [-0.25, -0.2) is 4.79 Å². The SMILES string of the molecule is CCC(CC(=O)O)NC(=O)NC1CCCCC1. The first-order valence-corrected chi connectivity index (χ1v) is 6.40. The first kappa shape index (κ1) is 13.8. The molecule has 0 radical (unpaired) electrons. The molecule has 0 bridgehead atoms. The van der Waals surface area contributed by atoms with Crippen molar-refractivity contribution in [1.82, 2.24) is 10.6 Å². The van der Waals surface area contributed by atoms with Crippen LogP contribution in [0.15, 0.2) is 0 Å². The highest BCUT2D eigenvalue weighted by atomic mass is 16.4. The topological polar surface area (TPSA) is 78.4 Å². The van der Waals surface area contributed by atoms with Gasteiger partial charge in [0, 0.05) is 12.1 Å². The Bertz CT molecular complexity index is 262. The maximum Gasteiger partial charge on any atom is 0.315 e. The molecule has 0 aliphatic heterocycles. The molecule has 1 aliphatic rings. The van der Waals surface area contributed by atoms with E-state index < -0.39 is 5.97 Å². The Morgan fingerprint density at radius 3 is 2.47 bits per heavy atom. The molecule has 0 aromatic carbocycles. The number of hydrogen-bond acceptors (Lipinski definition) is 2. The molecule has 17 heavy (non-hydrogen) atoms. The Kier molecular flexibility index (Phi) is 5.80. The molecule has 1 fully saturated rings. The van der Waals surface area contributed by atoms with Gasteiger partial charge in [0.25, 0.3) is 0 Å². The minimum Gasteiger partial charge on any atom is -0.481 e. The van der Waals surface area contributed by atoms with Crippen molar-refractivity contribution in [3.05, 3.63) is 0 Å². The molecule has 0 aromatic rings. The fourth-order valence-corrected chi connectivity index (χ4v) is 2.17. The summed E-state index contributed by atoms with van der Waals surface area (Å²) in [6.07, 6.45) is 6.25. The van der Waals surface area contributed by atoms with Gasteiger partial charge in [0.2, 0.25) is 0 Å². The number of aliphatic carboxylic acids is 1. The van der Waals surface area contributed by atoms with Crippen LogP contribution in [0, 0.1) is 0 Å². The summed E-state index contributed by atoms with van der Waals surface area (Å²) in [5.74, 6) is -0.880. The van der Waals surface area contributed by atoms with E-state index in [1.54, 1.807) is 0 Å². The molecule has 3 N–H and O–H groups in total. The lowest BCUT2D eigenvalue weighted by Crippen LogP contribution is -2.47. The molecule has 5 nitrogen and oxygen atoms in total. The standard InChI is InChI=1S/C12H22N2O3/c1-2-9(8-11(15)16)13-12(17)14-10-6-4-3-5-7-10/h9-10H,2-8H2,1H3,(H,15,16)(H2,13,14,17). The highest BCUT2D eigenvalue weighted by molar-refractivity contribution is 5.76. The number of nitrogens with one attached hydrogen (secondary N) is 2. The zero-order chi connectivity index (χ0) is 12.7. The van der Waals surface area contributed by atoms with Gasteiger partial charge in [-0.2, -0.15) is 0 Å². The third-order valence-electron chi connectivity index (χ3n) is 3.19. The molecule has 1 aliphatic carbocycles. The predicted molar refractivity (Wildman–Crippen MR) is 64.9 cm³/mol. The molecule has 0 saturated heterocycles. The quantitative estimate of drug-likeness (QED) is 0.688. The van der Waals surface area contributed by atoms with Gasteiger partial charge in [-0.15, -0.1) is 0 Å². The van der Waals surface area contributed by atoms with Gasteiger partial charge in [-0.1, -0.05) is 26.2 Å². The molecule has 1 unspecified atom stereocenters. The van der Waals surface area contributed by atoms with Crippen molar-refractivity contribution in [2.24, 2.45) is 0 Å². The number of urea groups is 1. The van der Waals surface area contributed by atoms with Gasteiger partial charge in [-0.05, 0) is 19.3 Å². The number of carbonyl (C=O) groups is 2. The Hall–Kier alpha value is -1.26. The summed E-state index contributed by atoms with van der Waals surface area (Å²) < 4.78 is 0. The molecule has 1 rings (SSSR count). The number of rotatable bonds is 5. The predicted octanol–water partition coefficient (Wildman–Crippen LogP) is 1.87. The number of carbonyl (C=O) groups excluding carboxylic acids is 1. The third-order valence-corrected chi connectivity index (χ3v) is 3.19. The number of amides is 2. The monoisotopic (exact) mass is 242 g/mol. The van der Waals surface area contributed by atoms with Gasteiger partial charge in [0.15, 0.2) is 0 Å². The Morgan fingerprint density at radius 2 is 1.94 bits per heavy atom. The Morgan fingerprint density at radius 1 is 1.29 bits per heavy atom. The van der Waals surface area contributed by atoms with Crippen LogP contribution < -0.4 is 10.6 Å². The van der Waals surface area contributed by atoms with Crippen molar-refractivity contribution < 1.29 is 14.7 Å². The zero-order valence-electron chi connectivity index (χ0n) is 10.4. The number of carboxylic acids is 1. The average Bonchev–Trinajstić information content (AvgIpc) is 2.28. The highest BCUT2D eigenvalue weighted by Gasteiger charge is 2.18. The minimum atomic E-state index is -0.880. The van der Waals surface area contributed by atoms with Crippen molar-refractivity contribution in [1.29, 1.82) is 0 Å². The lowest BCUT2D eigenvalue weighted by Gasteiger charge is -2.24. The minimum absolute atomic E-state index is 0.0193. The molecule has 1 atom stereocenters. The number of carboxylic acid groups (broad SMARTS) is 1. The third kappa shape index (κ3) is 5.56. The van der Waals surface area contributed by atoms with E-state index in [-0.39, 0.29) is 24.5 Å². The van der Waals surface area contributed by atoms with E-state index in [4.69, 9.17) is 5.11 Å². The second-order valence-electron chi connectivity index (χ2n) is 4.66. The first-order valence-electron chi connectivity index (χ1n) is 6.40. The second kappa shape index (κ2) is 7.14. The van der Waals surface area contributed by atoms with Gasteiger partial charge >= 0.3 is 12.0 Å². The summed E-state index contributed by atoms with van der Waals surface area (Å²) in [6.45, 7) is 1.87. The maximum absolute atomic E-state index is 11.6. The highest BCUT2D eigenvalue weighted by Crippen LogP contribution is 2.17. The van der Waals surface area contributed by atoms with Gasteiger partial charge < -0.3 is 15.7 Å². The Balaban J connectivity index is 2.28. The van der Waals surface area contributed by atoms with E-state index in [0.29, 0.717) is 6.42 Å². The van der Waals surface area contributed by atoms with Crippen LogP contribution in [0.4, 0.5) is 4.79 Å². The van der Waals surface area contributed by atoms with Crippen LogP contribution in [0.3, 0.4) is 0 Å². The van der Waals surface area contributed by atoms with Crippen LogP contribution in [0.1, 0.15) is 51.9 Å². The fourth-order valence-electron chi connectivity index (χ4n) is 2.17. The van der Waals surface area contributed by atoms with Crippen LogP contribution in [0.25, 0.3) is 0 Å². The molecule has 2 amide bonds. The summed E-state index contributed by atoms with van der Waals surface area (Å²) in [5.41, 5.74) is 0. The summed E-state index contributed by atoms with van der Waals surface area (Å²) in [5, 5.41) is 14.3. The maximum atomic E-state index is 11.6. The lowest BCUT2D eigenvalue weighted by atomic mass is 9.96. The molecule has 5 heteroatoms. The molecule has 98 valence electrons. The molecule has 0 aromatic heterocycles. The zero-order valence-corrected chi connectivity index (χ0v) is 10.4. The molecule has 0 spiro atoms. The lowest BCUT2D eigenvalue weighted by molar-refractivity contribution is -0.137. The summed E-state index contributed by atoms with van der Waals surface area (Å²) in [7, 11) is 0. The van der Waals surface area contributed by atoms with E-state index in [0.717, 1.165) is 25.7 Å². The van der Waals surface area contributed by atoms with Crippen LogP contribution in [0.5, 0.6) is 0 Å². The smallest absolute Gasteiger partial charge is 0.315 e. The molecular weight excluding hydrogens is 220 g/mol. The van der Waals surface area contributed by atoms with Crippen molar-refractivity contribution in [3.8, 4) is 0 Å². The fraction of sp³-hybridized carbons (Fsp3) is 0.833. The second-order valence-corrected chi connectivity index (χ2v) is 4.66. The van der Waals surface area contributed by atoms with E-state index >= 15 is 0 Å². The van der Waals surface area contributed by atoms with Gasteiger partial charge in [0.05, 0.1) is 6.42 Å². The van der Waals surface area contributed by atoms with Crippen LogP contribution in [-0.4, -0.2) is 29.2 Å². The largest absolute Gasteiger partial charge is 0.481 e. The Labute approximate surface area is 102 Å². The van der Waals surface area contributed by atoms with Crippen molar-refractivity contribution in [2.75, 3.05) is 0 Å². The first-order chi connectivity index (χ1) is 8.11. The average molecular weight is 242 g/mol. The normalized spacial score (nSPS) is 18.4. The van der Waals surface area contributed by atoms with Gasteiger partial charge in [-0.3, -0.25) is 4.79 Å². The van der Waals surface area contributed by atoms with E-state index in [1.807, 2.05) is 6.92 Å². The van der Waals surface area contributed by atoms with E-state index in [1.165, 1.54) is 6.42 Å². The molecule has 0 heterocycles. The number of hydrogen-bond donors (Lipinski definition) is 3. The molecule has 1 saturated carbocycles. The van der Waals surface area contributed by atoms with Gasteiger partial charge in [0.1, 0.15) is 0 Å². The summed E-state index contributed by atoms with van der Waals surface area (Å²) in [6, 6.07) is -0.257. The van der Waals surface area contributed by atoms with Crippen LogP contribution in [0.2, 0.25) is 0 Å².